The lowest BCUT2D eigenvalue weighted by Gasteiger charge is -2.06. The SMILES string of the molecule is Cn1cnnc1CCNc1ncccc1Br. The van der Waals surface area contributed by atoms with Crippen LogP contribution in [-0.2, 0) is 13.5 Å². The van der Waals surface area contributed by atoms with Gasteiger partial charge >= 0.3 is 0 Å². The summed E-state index contributed by atoms with van der Waals surface area (Å²) in [6, 6.07) is 3.84. The molecule has 6 heteroatoms. The maximum absolute atomic E-state index is 4.22. The van der Waals surface area contributed by atoms with Gasteiger partial charge in [-0.1, -0.05) is 0 Å². The molecule has 0 atom stereocenters. The first kappa shape index (κ1) is 11.1. The highest BCUT2D eigenvalue weighted by atomic mass is 79.9. The summed E-state index contributed by atoms with van der Waals surface area (Å²) in [7, 11) is 1.94. The highest BCUT2D eigenvalue weighted by molar-refractivity contribution is 9.10. The average molecular weight is 282 g/mol. The minimum Gasteiger partial charge on any atom is -0.369 e. The minimum absolute atomic E-state index is 0.780. The molecule has 2 rings (SSSR count). The Kier molecular flexibility index (Phi) is 3.51. The Hall–Kier alpha value is -1.43. The van der Waals surface area contributed by atoms with Crippen LogP contribution in [0.15, 0.2) is 29.1 Å². The number of hydrogen-bond acceptors (Lipinski definition) is 4. The van der Waals surface area contributed by atoms with Crippen LogP contribution in [0, 0.1) is 0 Å². The summed E-state index contributed by atoms with van der Waals surface area (Å²) < 4.78 is 2.88. The van der Waals surface area contributed by atoms with Crippen molar-refractivity contribution in [2.24, 2.45) is 7.05 Å². The van der Waals surface area contributed by atoms with Crippen molar-refractivity contribution in [3.8, 4) is 0 Å². The van der Waals surface area contributed by atoms with Crippen molar-refractivity contribution in [2.45, 2.75) is 6.42 Å². The van der Waals surface area contributed by atoms with Crippen molar-refractivity contribution in [3.63, 3.8) is 0 Å². The molecule has 0 spiro atoms. The monoisotopic (exact) mass is 281 g/mol. The van der Waals surface area contributed by atoms with Crippen LogP contribution >= 0.6 is 15.9 Å². The van der Waals surface area contributed by atoms with E-state index >= 15 is 0 Å². The van der Waals surface area contributed by atoms with E-state index in [0.717, 1.165) is 29.1 Å². The Labute approximate surface area is 102 Å². The van der Waals surface area contributed by atoms with Crippen molar-refractivity contribution in [2.75, 3.05) is 11.9 Å². The van der Waals surface area contributed by atoms with E-state index in [1.807, 2.05) is 23.7 Å². The molecule has 5 nitrogen and oxygen atoms in total. The third-order valence-electron chi connectivity index (χ3n) is 2.20. The van der Waals surface area contributed by atoms with E-state index in [4.69, 9.17) is 0 Å². The van der Waals surface area contributed by atoms with E-state index in [1.165, 1.54) is 0 Å². The Morgan fingerprint density at radius 1 is 1.50 bits per heavy atom. The lowest BCUT2D eigenvalue weighted by atomic mass is 10.4. The number of aryl methyl sites for hydroxylation is 1. The molecule has 0 saturated carbocycles. The summed E-state index contributed by atoms with van der Waals surface area (Å²) in [5.41, 5.74) is 0. The predicted molar refractivity (Wildman–Crippen MR) is 65.1 cm³/mol. The van der Waals surface area contributed by atoms with Crippen LogP contribution in [0.3, 0.4) is 0 Å². The Morgan fingerprint density at radius 2 is 2.38 bits per heavy atom. The van der Waals surface area contributed by atoms with Crippen molar-refractivity contribution in [1.29, 1.82) is 0 Å². The van der Waals surface area contributed by atoms with E-state index in [0.29, 0.717) is 0 Å². The van der Waals surface area contributed by atoms with Gasteiger partial charge in [0.2, 0.25) is 0 Å². The van der Waals surface area contributed by atoms with Gasteiger partial charge in [0.15, 0.2) is 0 Å². The van der Waals surface area contributed by atoms with Gasteiger partial charge in [-0.15, -0.1) is 10.2 Å². The standard InChI is InChI=1S/C10H12BrN5/c1-16-7-14-15-9(16)4-6-13-10-8(11)3-2-5-12-10/h2-3,5,7H,4,6H2,1H3,(H,12,13). The lowest BCUT2D eigenvalue weighted by molar-refractivity contribution is 0.787. The summed E-state index contributed by atoms with van der Waals surface area (Å²) in [6.07, 6.45) is 4.28. The number of rotatable bonds is 4. The molecule has 0 bridgehead atoms. The first-order valence-electron chi connectivity index (χ1n) is 4.94. The zero-order chi connectivity index (χ0) is 11.4. The zero-order valence-corrected chi connectivity index (χ0v) is 10.5. The second kappa shape index (κ2) is 5.07. The topological polar surface area (TPSA) is 55.6 Å². The van der Waals surface area contributed by atoms with Gasteiger partial charge in [0.1, 0.15) is 18.0 Å². The van der Waals surface area contributed by atoms with Gasteiger partial charge in [-0.3, -0.25) is 0 Å². The van der Waals surface area contributed by atoms with Gasteiger partial charge in [-0.25, -0.2) is 4.98 Å². The second-order valence-corrected chi connectivity index (χ2v) is 4.22. The van der Waals surface area contributed by atoms with Crippen LogP contribution in [0.4, 0.5) is 5.82 Å². The fourth-order valence-electron chi connectivity index (χ4n) is 1.34. The van der Waals surface area contributed by atoms with Crippen LogP contribution in [0.5, 0.6) is 0 Å². The molecule has 0 aliphatic heterocycles. The molecular formula is C10H12BrN5. The Morgan fingerprint density at radius 3 is 3.06 bits per heavy atom. The predicted octanol–water partition coefficient (Wildman–Crippen LogP) is 1.63. The minimum atomic E-state index is 0.780. The highest BCUT2D eigenvalue weighted by Gasteiger charge is 2.02. The molecule has 2 aromatic rings. The first-order valence-corrected chi connectivity index (χ1v) is 5.74. The van der Waals surface area contributed by atoms with Gasteiger partial charge in [0.25, 0.3) is 0 Å². The number of halogens is 1. The van der Waals surface area contributed by atoms with Crippen molar-refractivity contribution >= 4 is 21.7 Å². The molecule has 2 aromatic heterocycles. The molecule has 16 heavy (non-hydrogen) atoms. The summed E-state index contributed by atoms with van der Waals surface area (Å²) in [5.74, 6) is 1.81. The molecule has 0 saturated heterocycles. The molecule has 0 aliphatic carbocycles. The molecule has 0 aliphatic rings. The second-order valence-electron chi connectivity index (χ2n) is 3.37. The maximum Gasteiger partial charge on any atom is 0.140 e. The third kappa shape index (κ3) is 2.57. The largest absolute Gasteiger partial charge is 0.369 e. The summed E-state index contributed by atoms with van der Waals surface area (Å²) in [5, 5.41) is 11.1. The number of nitrogens with one attached hydrogen (secondary N) is 1. The van der Waals surface area contributed by atoms with Gasteiger partial charge < -0.3 is 9.88 Å². The van der Waals surface area contributed by atoms with Gasteiger partial charge in [-0.2, -0.15) is 0 Å². The number of pyridine rings is 1. The van der Waals surface area contributed by atoms with E-state index < -0.39 is 0 Å². The Bertz CT molecular complexity index is 468. The number of anilines is 1. The molecule has 0 unspecified atom stereocenters. The van der Waals surface area contributed by atoms with Gasteiger partial charge in [0.05, 0.1) is 4.47 Å². The molecule has 2 heterocycles. The van der Waals surface area contributed by atoms with Crippen LogP contribution in [-0.4, -0.2) is 26.3 Å². The molecule has 0 amide bonds. The fraction of sp³-hybridized carbons (Fsp3) is 0.300. The zero-order valence-electron chi connectivity index (χ0n) is 8.89. The van der Waals surface area contributed by atoms with E-state index in [1.54, 1.807) is 12.5 Å². The van der Waals surface area contributed by atoms with E-state index in [9.17, 15) is 0 Å². The molecule has 0 radical (unpaired) electrons. The number of nitrogens with zero attached hydrogens (tertiary/aromatic N) is 4. The normalized spacial score (nSPS) is 10.4. The van der Waals surface area contributed by atoms with Gasteiger partial charge in [-0.05, 0) is 28.1 Å². The van der Waals surface area contributed by atoms with E-state index in [-0.39, 0.29) is 0 Å². The molecule has 0 fully saturated rings. The van der Waals surface area contributed by atoms with Crippen LogP contribution in [0.1, 0.15) is 5.82 Å². The average Bonchev–Trinajstić information content (AvgIpc) is 2.67. The van der Waals surface area contributed by atoms with Crippen molar-refractivity contribution in [3.05, 3.63) is 35.0 Å². The smallest absolute Gasteiger partial charge is 0.140 e. The third-order valence-corrected chi connectivity index (χ3v) is 2.84. The van der Waals surface area contributed by atoms with Crippen molar-refractivity contribution < 1.29 is 0 Å². The number of hydrogen-bond donors (Lipinski definition) is 1. The summed E-state index contributed by atoms with van der Waals surface area (Å²) in [6.45, 7) is 0.780. The lowest BCUT2D eigenvalue weighted by Crippen LogP contribution is -2.09. The fourth-order valence-corrected chi connectivity index (χ4v) is 1.74. The summed E-state index contributed by atoms with van der Waals surface area (Å²) >= 11 is 3.43. The van der Waals surface area contributed by atoms with Crippen LogP contribution in [0.25, 0.3) is 0 Å². The molecule has 0 aromatic carbocycles. The van der Waals surface area contributed by atoms with Gasteiger partial charge in [0, 0.05) is 26.2 Å². The highest BCUT2D eigenvalue weighted by Crippen LogP contribution is 2.17. The maximum atomic E-state index is 4.22. The van der Waals surface area contributed by atoms with Crippen LogP contribution < -0.4 is 5.32 Å². The van der Waals surface area contributed by atoms with E-state index in [2.05, 4.69) is 36.4 Å². The Balaban J connectivity index is 1.89. The summed E-state index contributed by atoms with van der Waals surface area (Å²) in [4.78, 5) is 4.22. The first-order chi connectivity index (χ1) is 7.77. The quantitative estimate of drug-likeness (QED) is 0.926. The van der Waals surface area contributed by atoms with Crippen LogP contribution in [0.2, 0.25) is 0 Å². The molecule has 1 N–H and O–H groups in total. The van der Waals surface area contributed by atoms with Crippen molar-refractivity contribution in [1.82, 2.24) is 19.7 Å². The number of aromatic nitrogens is 4. The molecular weight excluding hydrogens is 270 g/mol. The molecule has 84 valence electrons.